The first-order valence-electron chi connectivity index (χ1n) is 13.9. The maximum Gasteiger partial charge on any atom is 0.306 e. The molecule has 2 aromatic rings. The predicted octanol–water partition coefficient (Wildman–Crippen LogP) is 5.99. The molecule has 1 aliphatic heterocycles. The Morgan fingerprint density at radius 2 is 1.80 bits per heavy atom. The number of fused-ring (bicyclic) bond motifs is 1. The molecule has 0 unspecified atom stereocenters. The van der Waals surface area contributed by atoms with E-state index >= 15 is 0 Å². The van der Waals surface area contributed by atoms with Crippen LogP contribution < -0.4 is 10.6 Å². The molecule has 2 N–H and O–H groups in total. The average Bonchev–Trinajstić information content (AvgIpc) is 3.43. The van der Waals surface area contributed by atoms with Gasteiger partial charge in [-0.1, -0.05) is 11.6 Å². The van der Waals surface area contributed by atoms with Crippen LogP contribution in [0.5, 0.6) is 0 Å². The molecule has 0 saturated heterocycles. The van der Waals surface area contributed by atoms with Gasteiger partial charge in [0.05, 0.1) is 10.6 Å². The number of ketones is 1. The molecular formula is C30H36ClF2N3O5. The molecule has 1 fully saturated rings. The number of halogens is 3. The van der Waals surface area contributed by atoms with Crippen LogP contribution in [0.25, 0.3) is 0 Å². The highest BCUT2D eigenvalue weighted by molar-refractivity contribution is 6.48. The second-order valence-corrected chi connectivity index (χ2v) is 12.6. The van der Waals surface area contributed by atoms with Crippen LogP contribution in [0.1, 0.15) is 99.2 Å². The number of nitrogens with one attached hydrogen (secondary N) is 2. The van der Waals surface area contributed by atoms with Gasteiger partial charge in [-0.25, -0.2) is 8.78 Å². The third-order valence-corrected chi connectivity index (χ3v) is 8.10. The van der Waals surface area contributed by atoms with Crippen molar-refractivity contribution < 1.29 is 32.7 Å². The topological polar surface area (TPSA) is 106 Å². The van der Waals surface area contributed by atoms with Crippen molar-refractivity contribution in [2.45, 2.75) is 96.7 Å². The van der Waals surface area contributed by atoms with Gasteiger partial charge in [0, 0.05) is 36.0 Å². The number of amides is 2. The number of Topliss-reactive ketones (excluding diaryl/α,β-unsaturated/α-hetero) is 1. The van der Waals surface area contributed by atoms with Crippen molar-refractivity contribution in [2.24, 2.45) is 5.92 Å². The molecule has 1 aliphatic carbocycles. The van der Waals surface area contributed by atoms with Crippen molar-refractivity contribution >= 4 is 40.9 Å². The van der Waals surface area contributed by atoms with E-state index in [0.717, 1.165) is 25.0 Å². The number of nitrogens with zero attached hydrogens (tertiary/aromatic N) is 1. The molecule has 0 spiro atoms. The molecule has 2 heterocycles. The van der Waals surface area contributed by atoms with Gasteiger partial charge in [-0.3, -0.25) is 19.2 Å². The van der Waals surface area contributed by atoms with Crippen LogP contribution in [-0.2, 0) is 27.3 Å². The first-order chi connectivity index (χ1) is 19.2. The van der Waals surface area contributed by atoms with Crippen LogP contribution in [0.15, 0.2) is 18.2 Å². The van der Waals surface area contributed by atoms with Gasteiger partial charge in [-0.05, 0) is 90.7 Å². The lowest BCUT2D eigenvalue weighted by Crippen LogP contribution is -2.50. The summed E-state index contributed by atoms with van der Waals surface area (Å²) in [6.07, 6.45) is 5.05. The fourth-order valence-corrected chi connectivity index (χ4v) is 6.03. The summed E-state index contributed by atoms with van der Waals surface area (Å²) in [5.41, 5.74) is -0.585. The molecule has 222 valence electrons. The highest BCUT2D eigenvalue weighted by Gasteiger charge is 2.38. The number of rotatable bonds is 8. The summed E-state index contributed by atoms with van der Waals surface area (Å²) < 4.78 is 33.9. The van der Waals surface area contributed by atoms with Crippen molar-refractivity contribution in [1.29, 1.82) is 0 Å². The van der Waals surface area contributed by atoms with E-state index in [0.29, 0.717) is 56.7 Å². The Kier molecular flexibility index (Phi) is 8.92. The van der Waals surface area contributed by atoms with Crippen LogP contribution >= 0.6 is 11.6 Å². The average molecular weight is 592 g/mol. The number of benzene rings is 1. The fourth-order valence-electron chi connectivity index (χ4n) is 5.65. The van der Waals surface area contributed by atoms with E-state index < -0.39 is 40.4 Å². The van der Waals surface area contributed by atoms with Gasteiger partial charge in [0.1, 0.15) is 11.3 Å². The fraction of sp³-hybridized carbons (Fsp3) is 0.533. The minimum Gasteiger partial charge on any atom is -0.460 e. The highest BCUT2D eigenvalue weighted by Crippen LogP contribution is 2.36. The molecule has 0 radical (unpaired) electrons. The van der Waals surface area contributed by atoms with Gasteiger partial charge >= 0.3 is 5.97 Å². The minimum absolute atomic E-state index is 0.0307. The number of hydrogen-bond donors (Lipinski definition) is 2. The minimum atomic E-state index is -1.12. The lowest BCUT2D eigenvalue weighted by Gasteiger charge is -2.38. The Labute approximate surface area is 243 Å². The van der Waals surface area contributed by atoms with Crippen LogP contribution in [-0.4, -0.2) is 39.3 Å². The van der Waals surface area contributed by atoms with Crippen molar-refractivity contribution in [3.63, 3.8) is 0 Å². The standard InChI is InChI=1S/C30H36ClF2N3O5/c1-29(2,3)41-22(37)10-7-17-11-13-30(4,14-12-17)35-28(40)26(38)25-24(31)23(21-6-5-15-36(21)25)27(39)34-18-8-9-19(32)20(33)16-18/h8-9,16-17H,5-7,10-15H2,1-4H3,(H,34,39)(H,35,40)/t17-,30+. The Morgan fingerprint density at radius 3 is 2.44 bits per heavy atom. The summed E-state index contributed by atoms with van der Waals surface area (Å²) in [7, 11) is 0. The molecule has 1 aromatic heterocycles. The molecule has 1 saturated carbocycles. The summed E-state index contributed by atoms with van der Waals surface area (Å²) >= 11 is 6.55. The predicted molar refractivity (Wildman–Crippen MR) is 150 cm³/mol. The van der Waals surface area contributed by atoms with E-state index in [2.05, 4.69) is 10.6 Å². The van der Waals surface area contributed by atoms with E-state index in [-0.39, 0.29) is 27.9 Å². The lowest BCUT2D eigenvalue weighted by molar-refractivity contribution is -0.155. The van der Waals surface area contributed by atoms with Crippen LogP contribution in [0.4, 0.5) is 14.5 Å². The summed E-state index contributed by atoms with van der Waals surface area (Å²) in [5, 5.41) is 5.24. The van der Waals surface area contributed by atoms with Gasteiger partial charge < -0.3 is 19.9 Å². The molecule has 2 aliphatic rings. The quantitative estimate of drug-likeness (QED) is 0.223. The molecule has 2 amide bonds. The molecule has 1 aromatic carbocycles. The van der Waals surface area contributed by atoms with E-state index in [1.54, 1.807) is 4.57 Å². The Hall–Kier alpha value is -3.27. The third kappa shape index (κ3) is 7.15. The van der Waals surface area contributed by atoms with Crippen molar-refractivity contribution in [2.75, 3.05) is 5.32 Å². The zero-order valence-electron chi connectivity index (χ0n) is 23.8. The van der Waals surface area contributed by atoms with Gasteiger partial charge in [-0.2, -0.15) is 0 Å². The zero-order valence-corrected chi connectivity index (χ0v) is 24.6. The number of aromatic nitrogens is 1. The monoisotopic (exact) mass is 591 g/mol. The first-order valence-corrected chi connectivity index (χ1v) is 14.3. The summed E-state index contributed by atoms with van der Waals surface area (Å²) in [6, 6.07) is 2.96. The Bertz CT molecular complexity index is 1370. The molecule has 8 nitrogen and oxygen atoms in total. The van der Waals surface area contributed by atoms with Crippen molar-refractivity contribution in [1.82, 2.24) is 9.88 Å². The number of carbonyl (C=O) groups excluding carboxylic acids is 4. The van der Waals surface area contributed by atoms with Crippen molar-refractivity contribution in [3.05, 3.63) is 51.8 Å². The molecule has 41 heavy (non-hydrogen) atoms. The Morgan fingerprint density at radius 1 is 1.12 bits per heavy atom. The lowest BCUT2D eigenvalue weighted by atomic mass is 9.76. The van der Waals surface area contributed by atoms with E-state index in [1.165, 1.54) is 6.07 Å². The second-order valence-electron chi connectivity index (χ2n) is 12.2. The first kappa shape index (κ1) is 30.7. The van der Waals surface area contributed by atoms with Crippen LogP contribution in [0, 0.1) is 17.6 Å². The number of anilines is 1. The molecule has 0 bridgehead atoms. The van der Waals surface area contributed by atoms with E-state index in [4.69, 9.17) is 16.3 Å². The second kappa shape index (κ2) is 11.9. The maximum absolute atomic E-state index is 13.6. The van der Waals surface area contributed by atoms with E-state index in [9.17, 15) is 28.0 Å². The third-order valence-electron chi connectivity index (χ3n) is 7.73. The molecule has 4 rings (SSSR count). The normalized spacial score (nSPS) is 20.3. The molecule has 11 heteroatoms. The summed E-state index contributed by atoms with van der Waals surface area (Å²) in [4.78, 5) is 51.7. The highest BCUT2D eigenvalue weighted by atomic mass is 35.5. The van der Waals surface area contributed by atoms with Crippen LogP contribution in [0.2, 0.25) is 5.02 Å². The van der Waals surface area contributed by atoms with Gasteiger partial charge in [0.2, 0.25) is 0 Å². The van der Waals surface area contributed by atoms with Gasteiger partial charge in [0.25, 0.3) is 17.6 Å². The number of ether oxygens (including phenoxy) is 1. The largest absolute Gasteiger partial charge is 0.460 e. The van der Waals surface area contributed by atoms with E-state index in [1.807, 2.05) is 27.7 Å². The van der Waals surface area contributed by atoms with Gasteiger partial charge in [0.15, 0.2) is 11.6 Å². The Balaban J connectivity index is 1.41. The number of carbonyl (C=O) groups is 4. The summed E-state index contributed by atoms with van der Waals surface area (Å²) in [5.74, 6) is -4.38. The maximum atomic E-state index is 13.6. The molecule has 0 atom stereocenters. The SMILES string of the molecule is CC(C)(C)OC(=O)CC[C@H]1CC[C@@](C)(NC(=O)C(=O)c2c(Cl)c(C(=O)Nc3ccc(F)c(F)c3)c3n2CCC3)CC1. The van der Waals surface area contributed by atoms with Crippen molar-refractivity contribution in [3.8, 4) is 0 Å². The number of esters is 1. The summed E-state index contributed by atoms with van der Waals surface area (Å²) in [6.45, 7) is 7.82. The molecular weight excluding hydrogens is 556 g/mol. The van der Waals surface area contributed by atoms with Crippen LogP contribution in [0.3, 0.4) is 0 Å². The number of hydrogen-bond acceptors (Lipinski definition) is 5. The smallest absolute Gasteiger partial charge is 0.306 e. The van der Waals surface area contributed by atoms with Gasteiger partial charge in [-0.15, -0.1) is 0 Å². The zero-order chi connectivity index (χ0) is 30.1.